The first kappa shape index (κ1) is 10.1. The van der Waals surface area contributed by atoms with Crippen molar-refractivity contribution in [3.8, 4) is 11.8 Å². The Balaban J connectivity index is 2.23. The summed E-state index contributed by atoms with van der Waals surface area (Å²) >= 11 is 0. The second-order valence-electron chi connectivity index (χ2n) is 3.15. The molecule has 0 spiro atoms. The van der Waals surface area contributed by atoms with Crippen LogP contribution in [0.2, 0.25) is 0 Å². The highest BCUT2D eigenvalue weighted by Gasteiger charge is 2.19. The van der Waals surface area contributed by atoms with E-state index in [-0.39, 0.29) is 11.9 Å². The Labute approximate surface area is 79.3 Å². The molecular weight excluding hydrogens is 164 g/mol. The van der Waals surface area contributed by atoms with Crippen molar-refractivity contribution in [1.82, 2.24) is 10.6 Å². The van der Waals surface area contributed by atoms with Gasteiger partial charge in [0.05, 0.1) is 12.6 Å². The zero-order chi connectivity index (χ0) is 9.52. The van der Waals surface area contributed by atoms with Gasteiger partial charge in [0.15, 0.2) is 0 Å². The minimum atomic E-state index is 0.00686. The lowest BCUT2D eigenvalue weighted by Crippen LogP contribution is -2.46. The molecule has 3 nitrogen and oxygen atoms in total. The number of carbonyl (C=O) groups excluding carboxylic acids is 1. The molecule has 13 heavy (non-hydrogen) atoms. The van der Waals surface area contributed by atoms with Crippen molar-refractivity contribution in [2.45, 2.75) is 32.2 Å². The van der Waals surface area contributed by atoms with Gasteiger partial charge in [-0.2, -0.15) is 0 Å². The lowest BCUT2D eigenvalue weighted by atomic mass is 10.0. The van der Waals surface area contributed by atoms with E-state index in [9.17, 15) is 4.79 Å². The lowest BCUT2D eigenvalue weighted by Gasteiger charge is -2.21. The van der Waals surface area contributed by atoms with Crippen LogP contribution in [0.3, 0.4) is 0 Å². The summed E-state index contributed by atoms with van der Waals surface area (Å²) in [5.74, 6) is 5.63. The molecule has 1 atom stereocenters. The van der Waals surface area contributed by atoms with Gasteiger partial charge in [-0.05, 0) is 26.3 Å². The monoisotopic (exact) mass is 180 g/mol. The maximum absolute atomic E-state index is 11.4. The summed E-state index contributed by atoms with van der Waals surface area (Å²) in [5, 5.41) is 5.96. The molecule has 1 aliphatic heterocycles. The topological polar surface area (TPSA) is 41.1 Å². The second-order valence-corrected chi connectivity index (χ2v) is 3.15. The fourth-order valence-corrected chi connectivity index (χ4v) is 1.42. The fraction of sp³-hybridized carbons (Fsp3) is 0.700. The van der Waals surface area contributed by atoms with Crippen molar-refractivity contribution in [2.24, 2.45) is 0 Å². The molecule has 1 amide bonds. The van der Waals surface area contributed by atoms with Crippen molar-refractivity contribution in [3.05, 3.63) is 0 Å². The molecule has 0 radical (unpaired) electrons. The summed E-state index contributed by atoms with van der Waals surface area (Å²) < 4.78 is 0. The highest BCUT2D eigenvalue weighted by Crippen LogP contribution is 2.06. The molecule has 3 heteroatoms. The van der Waals surface area contributed by atoms with Gasteiger partial charge < -0.3 is 10.6 Å². The van der Waals surface area contributed by atoms with Crippen LogP contribution in [-0.4, -0.2) is 25.0 Å². The number of hydrogen-bond donors (Lipinski definition) is 2. The van der Waals surface area contributed by atoms with Gasteiger partial charge in [-0.3, -0.25) is 4.79 Å². The van der Waals surface area contributed by atoms with Gasteiger partial charge in [-0.1, -0.05) is 12.3 Å². The smallest absolute Gasteiger partial charge is 0.237 e. The minimum absolute atomic E-state index is 0.00686. The Morgan fingerprint density at radius 3 is 3.08 bits per heavy atom. The van der Waals surface area contributed by atoms with Gasteiger partial charge in [-0.25, -0.2) is 0 Å². The van der Waals surface area contributed by atoms with Gasteiger partial charge in [0.2, 0.25) is 5.91 Å². The molecule has 0 unspecified atom stereocenters. The van der Waals surface area contributed by atoms with Crippen LogP contribution in [0.15, 0.2) is 0 Å². The molecule has 1 fully saturated rings. The number of piperidine rings is 1. The molecular formula is C10H16N2O. The molecule has 1 rings (SSSR count). The van der Waals surface area contributed by atoms with Crippen LogP contribution >= 0.6 is 0 Å². The first-order chi connectivity index (χ1) is 6.34. The number of nitrogens with one attached hydrogen (secondary N) is 2. The normalized spacial score (nSPS) is 21.5. The highest BCUT2D eigenvalue weighted by molar-refractivity contribution is 5.82. The number of hydrogen-bond acceptors (Lipinski definition) is 2. The first-order valence-electron chi connectivity index (χ1n) is 4.75. The predicted molar refractivity (Wildman–Crippen MR) is 52.1 cm³/mol. The van der Waals surface area contributed by atoms with E-state index < -0.39 is 0 Å². The van der Waals surface area contributed by atoms with Crippen LogP contribution in [-0.2, 0) is 4.79 Å². The SMILES string of the molecule is CC#CCNC(=O)[C@H]1CCCCN1. The van der Waals surface area contributed by atoms with Gasteiger partial charge >= 0.3 is 0 Å². The lowest BCUT2D eigenvalue weighted by molar-refractivity contribution is -0.123. The molecule has 0 aromatic carbocycles. The first-order valence-corrected chi connectivity index (χ1v) is 4.75. The summed E-state index contributed by atoms with van der Waals surface area (Å²) in [5.41, 5.74) is 0. The maximum Gasteiger partial charge on any atom is 0.237 e. The fourth-order valence-electron chi connectivity index (χ4n) is 1.42. The van der Waals surface area contributed by atoms with E-state index in [0.717, 1.165) is 19.4 Å². The highest BCUT2D eigenvalue weighted by atomic mass is 16.2. The largest absolute Gasteiger partial charge is 0.344 e. The molecule has 0 bridgehead atoms. The van der Waals surface area contributed by atoms with Gasteiger partial charge in [0.25, 0.3) is 0 Å². The third-order valence-corrected chi connectivity index (χ3v) is 2.15. The summed E-state index contributed by atoms with van der Waals surface area (Å²) in [6.07, 6.45) is 3.27. The second kappa shape index (κ2) is 5.60. The van der Waals surface area contributed by atoms with E-state index in [0.29, 0.717) is 6.54 Å². The molecule has 0 saturated carbocycles. The standard InChI is InChI=1S/C10H16N2O/c1-2-3-7-12-10(13)9-6-4-5-8-11-9/h9,11H,4-8H2,1H3,(H,12,13)/t9-/m1/s1. The Kier molecular flexibility index (Phi) is 4.34. The molecule has 1 heterocycles. The van der Waals surface area contributed by atoms with E-state index in [1.165, 1.54) is 6.42 Å². The van der Waals surface area contributed by atoms with Crippen molar-refractivity contribution in [3.63, 3.8) is 0 Å². The summed E-state index contributed by atoms with van der Waals surface area (Å²) in [6, 6.07) is 0.00686. The van der Waals surface area contributed by atoms with Gasteiger partial charge in [0, 0.05) is 0 Å². The summed E-state index contributed by atoms with van der Waals surface area (Å²) in [7, 11) is 0. The van der Waals surface area contributed by atoms with Crippen LogP contribution in [0.1, 0.15) is 26.2 Å². The molecule has 72 valence electrons. The molecule has 1 aliphatic rings. The Hall–Kier alpha value is -1.01. The predicted octanol–water partition coefficient (Wildman–Crippen LogP) is 0.268. The van der Waals surface area contributed by atoms with E-state index in [2.05, 4.69) is 22.5 Å². The Morgan fingerprint density at radius 2 is 2.46 bits per heavy atom. The average molecular weight is 180 g/mol. The van der Waals surface area contributed by atoms with Crippen LogP contribution in [0.4, 0.5) is 0 Å². The zero-order valence-electron chi connectivity index (χ0n) is 8.02. The number of rotatable bonds is 2. The quantitative estimate of drug-likeness (QED) is 0.599. The van der Waals surface area contributed by atoms with E-state index in [4.69, 9.17) is 0 Å². The minimum Gasteiger partial charge on any atom is -0.344 e. The van der Waals surface area contributed by atoms with Crippen molar-refractivity contribution < 1.29 is 4.79 Å². The molecule has 1 saturated heterocycles. The molecule has 0 aromatic heterocycles. The van der Waals surface area contributed by atoms with Crippen molar-refractivity contribution >= 4 is 5.91 Å². The van der Waals surface area contributed by atoms with Crippen LogP contribution < -0.4 is 10.6 Å². The molecule has 2 N–H and O–H groups in total. The number of carbonyl (C=O) groups is 1. The number of amides is 1. The van der Waals surface area contributed by atoms with E-state index in [1.54, 1.807) is 6.92 Å². The Morgan fingerprint density at radius 1 is 1.62 bits per heavy atom. The Bertz CT molecular complexity index is 221. The van der Waals surface area contributed by atoms with Crippen LogP contribution in [0.5, 0.6) is 0 Å². The molecule has 0 aromatic rings. The maximum atomic E-state index is 11.4. The zero-order valence-corrected chi connectivity index (χ0v) is 8.02. The van der Waals surface area contributed by atoms with E-state index in [1.807, 2.05) is 0 Å². The van der Waals surface area contributed by atoms with Crippen LogP contribution in [0.25, 0.3) is 0 Å². The van der Waals surface area contributed by atoms with Crippen molar-refractivity contribution in [2.75, 3.05) is 13.1 Å². The van der Waals surface area contributed by atoms with Crippen LogP contribution in [0, 0.1) is 11.8 Å². The van der Waals surface area contributed by atoms with Crippen molar-refractivity contribution in [1.29, 1.82) is 0 Å². The van der Waals surface area contributed by atoms with Gasteiger partial charge in [0.1, 0.15) is 0 Å². The van der Waals surface area contributed by atoms with Gasteiger partial charge in [-0.15, -0.1) is 5.92 Å². The summed E-state index contributed by atoms with van der Waals surface area (Å²) in [6.45, 7) is 3.19. The average Bonchev–Trinajstić information content (AvgIpc) is 2.19. The summed E-state index contributed by atoms with van der Waals surface area (Å²) in [4.78, 5) is 11.4. The van der Waals surface area contributed by atoms with E-state index >= 15 is 0 Å². The third kappa shape index (κ3) is 3.47. The third-order valence-electron chi connectivity index (χ3n) is 2.15. The molecule has 0 aliphatic carbocycles.